The highest BCUT2D eigenvalue weighted by molar-refractivity contribution is 5.94. The second-order valence-corrected chi connectivity index (χ2v) is 5.73. The van der Waals surface area contributed by atoms with Gasteiger partial charge < -0.3 is 10.3 Å². The normalized spacial score (nSPS) is 12.3. The molecule has 8 nitrogen and oxygen atoms in total. The number of hydrogen-bond donors (Lipinski definition) is 3. The van der Waals surface area contributed by atoms with E-state index in [4.69, 9.17) is 0 Å². The zero-order valence-corrected chi connectivity index (χ0v) is 13.5. The van der Waals surface area contributed by atoms with E-state index in [1.807, 2.05) is 6.92 Å². The van der Waals surface area contributed by atoms with Gasteiger partial charge in [-0.25, -0.2) is 9.50 Å². The maximum atomic E-state index is 12.3. The van der Waals surface area contributed by atoms with Crippen LogP contribution >= 0.6 is 0 Å². The lowest BCUT2D eigenvalue weighted by Gasteiger charge is -2.13. The molecule has 124 valence electrons. The Labute approximate surface area is 136 Å². The number of hydrogen-bond acceptors (Lipinski definition) is 4. The molecule has 0 aliphatic heterocycles. The van der Waals surface area contributed by atoms with E-state index >= 15 is 0 Å². The molecule has 0 saturated heterocycles. The van der Waals surface area contributed by atoms with Gasteiger partial charge in [-0.05, 0) is 32.9 Å². The summed E-state index contributed by atoms with van der Waals surface area (Å²) in [5.41, 5.74) is 1.68. The van der Waals surface area contributed by atoms with Crippen LogP contribution in [0.15, 0.2) is 33.9 Å². The van der Waals surface area contributed by atoms with Gasteiger partial charge in [-0.15, -0.1) is 0 Å². The molecule has 3 aromatic heterocycles. The number of nitrogens with one attached hydrogen (secondary N) is 3. The summed E-state index contributed by atoms with van der Waals surface area (Å²) >= 11 is 0. The van der Waals surface area contributed by atoms with E-state index in [1.165, 1.54) is 16.6 Å². The summed E-state index contributed by atoms with van der Waals surface area (Å²) in [6.07, 6.45) is 0. The minimum Gasteiger partial charge on any atom is -0.344 e. The average molecular weight is 327 g/mol. The molecule has 0 fully saturated rings. The van der Waals surface area contributed by atoms with Crippen LogP contribution in [0.4, 0.5) is 0 Å². The fourth-order valence-electron chi connectivity index (χ4n) is 2.45. The fraction of sp³-hybridized carbons (Fsp3) is 0.250. The van der Waals surface area contributed by atoms with Crippen LogP contribution < -0.4 is 16.4 Å². The van der Waals surface area contributed by atoms with Crippen molar-refractivity contribution in [1.82, 2.24) is 24.9 Å². The van der Waals surface area contributed by atoms with Crippen molar-refractivity contribution in [2.45, 2.75) is 26.8 Å². The van der Waals surface area contributed by atoms with Crippen LogP contribution in [0.1, 0.15) is 40.4 Å². The maximum Gasteiger partial charge on any atom is 0.272 e. The predicted molar refractivity (Wildman–Crippen MR) is 88.2 cm³/mol. The molecule has 0 radical (unpaired) electrons. The van der Waals surface area contributed by atoms with Crippen molar-refractivity contribution in [3.63, 3.8) is 0 Å². The summed E-state index contributed by atoms with van der Waals surface area (Å²) in [5.74, 6) is -0.518. The topological polar surface area (TPSA) is 112 Å². The molecule has 0 aromatic carbocycles. The van der Waals surface area contributed by atoms with Gasteiger partial charge in [0.1, 0.15) is 5.56 Å². The largest absolute Gasteiger partial charge is 0.344 e. The number of aromatic amines is 2. The van der Waals surface area contributed by atoms with Gasteiger partial charge in [0.2, 0.25) is 0 Å². The molecule has 24 heavy (non-hydrogen) atoms. The molecule has 0 spiro atoms. The summed E-state index contributed by atoms with van der Waals surface area (Å²) in [6, 6.07) is 5.70. The molecule has 3 aromatic rings. The Kier molecular flexibility index (Phi) is 3.80. The summed E-state index contributed by atoms with van der Waals surface area (Å²) in [7, 11) is 0. The second kappa shape index (κ2) is 5.80. The quantitative estimate of drug-likeness (QED) is 0.661. The number of rotatable bonds is 3. The molecule has 0 bridgehead atoms. The van der Waals surface area contributed by atoms with Crippen molar-refractivity contribution >= 4 is 11.6 Å². The number of aryl methyl sites for hydroxylation is 2. The Balaban J connectivity index is 1.89. The first-order valence-corrected chi connectivity index (χ1v) is 7.45. The molecular weight excluding hydrogens is 310 g/mol. The van der Waals surface area contributed by atoms with E-state index in [1.54, 1.807) is 26.0 Å². The number of aromatic nitrogens is 4. The van der Waals surface area contributed by atoms with Crippen LogP contribution in [0, 0.1) is 13.8 Å². The Morgan fingerprint density at radius 2 is 1.96 bits per heavy atom. The summed E-state index contributed by atoms with van der Waals surface area (Å²) < 4.78 is 1.33. The Morgan fingerprint density at radius 1 is 1.21 bits per heavy atom. The van der Waals surface area contributed by atoms with Gasteiger partial charge in [-0.2, -0.15) is 0 Å². The summed E-state index contributed by atoms with van der Waals surface area (Å²) in [5, 5.41) is 5.57. The lowest BCUT2D eigenvalue weighted by atomic mass is 10.2. The fourth-order valence-corrected chi connectivity index (χ4v) is 2.45. The highest BCUT2D eigenvalue weighted by Crippen LogP contribution is 2.10. The van der Waals surface area contributed by atoms with Crippen molar-refractivity contribution in [2.24, 2.45) is 0 Å². The first-order chi connectivity index (χ1) is 11.3. The van der Waals surface area contributed by atoms with E-state index < -0.39 is 17.5 Å². The van der Waals surface area contributed by atoms with Crippen molar-refractivity contribution in [3.05, 3.63) is 67.6 Å². The van der Waals surface area contributed by atoms with Crippen molar-refractivity contribution < 1.29 is 4.79 Å². The Hall–Kier alpha value is -3.16. The van der Waals surface area contributed by atoms with Gasteiger partial charge in [0.15, 0.2) is 5.65 Å². The molecule has 1 amide bonds. The monoisotopic (exact) mass is 327 g/mol. The van der Waals surface area contributed by atoms with Crippen molar-refractivity contribution in [1.29, 1.82) is 0 Å². The van der Waals surface area contributed by atoms with Crippen LogP contribution in [-0.2, 0) is 0 Å². The van der Waals surface area contributed by atoms with Gasteiger partial charge in [0, 0.05) is 23.5 Å². The SMILES string of the molecule is Cc1ccc(C(=O)NC(C)c2cc(=O)n3[nH]c(C)cc3n2)c(=O)[nH]1. The lowest BCUT2D eigenvalue weighted by Crippen LogP contribution is -2.32. The molecule has 3 rings (SSSR count). The molecule has 1 atom stereocenters. The minimum absolute atomic E-state index is 0.0164. The highest BCUT2D eigenvalue weighted by Gasteiger charge is 2.17. The molecular formula is C16H17N5O3. The number of carbonyl (C=O) groups excluding carboxylic acids is 1. The smallest absolute Gasteiger partial charge is 0.272 e. The lowest BCUT2D eigenvalue weighted by molar-refractivity contribution is 0.0937. The van der Waals surface area contributed by atoms with Crippen LogP contribution in [0.25, 0.3) is 5.65 Å². The third kappa shape index (κ3) is 2.85. The number of fused-ring (bicyclic) bond motifs is 1. The van der Waals surface area contributed by atoms with E-state index in [-0.39, 0.29) is 11.1 Å². The number of carbonyl (C=O) groups is 1. The molecule has 3 N–H and O–H groups in total. The number of H-pyrrole nitrogens is 2. The highest BCUT2D eigenvalue weighted by atomic mass is 16.2. The standard InChI is InChI=1S/C16H17N5O3/c1-8-4-5-11(15(23)17-8)16(24)18-10(3)12-7-14(22)21-13(19-12)6-9(2)20-21/h4-7,10,20H,1-3H3,(H,17,23)(H,18,24). The first kappa shape index (κ1) is 15.7. The van der Waals surface area contributed by atoms with Crippen LogP contribution in [0.2, 0.25) is 0 Å². The Morgan fingerprint density at radius 3 is 2.67 bits per heavy atom. The van der Waals surface area contributed by atoms with E-state index in [2.05, 4.69) is 20.4 Å². The number of nitrogens with zero attached hydrogens (tertiary/aromatic N) is 2. The van der Waals surface area contributed by atoms with Crippen molar-refractivity contribution in [2.75, 3.05) is 0 Å². The molecule has 1 unspecified atom stereocenters. The first-order valence-electron chi connectivity index (χ1n) is 7.45. The van der Waals surface area contributed by atoms with Crippen molar-refractivity contribution in [3.8, 4) is 0 Å². The maximum absolute atomic E-state index is 12.3. The van der Waals surface area contributed by atoms with Crippen LogP contribution in [0.5, 0.6) is 0 Å². The van der Waals surface area contributed by atoms with Gasteiger partial charge in [0.05, 0.1) is 11.7 Å². The zero-order valence-electron chi connectivity index (χ0n) is 13.5. The summed E-state index contributed by atoms with van der Waals surface area (Å²) in [6.45, 7) is 5.26. The van der Waals surface area contributed by atoms with E-state index in [9.17, 15) is 14.4 Å². The molecule has 0 saturated carbocycles. The average Bonchev–Trinajstić information content (AvgIpc) is 2.88. The van der Waals surface area contributed by atoms with Gasteiger partial charge in [0.25, 0.3) is 17.0 Å². The van der Waals surface area contributed by atoms with Crippen LogP contribution in [-0.4, -0.2) is 25.5 Å². The summed E-state index contributed by atoms with van der Waals surface area (Å²) in [4.78, 5) is 43.1. The Bertz CT molecular complexity index is 1040. The van der Waals surface area contributed by atoms with Gasteiger partial charge in [-0.3, -0.25) is 19.5 Å². The van der Waals surface area contributed by atoms with E-state index in [0.717, 1.165) is 5.69 Å². The van der Waals surface area contributed by atoms with Gasteiger partial charge >= 0.3 is 0 Å². The van der Waals surface area contributed by atoms with E-state index in [0.29, 0.717) is 17.0 Å². The molecule has 8 heteroatoms. The number of amides is 1. The molecule has 0 aliphatic rings. The second-order valence-electron chi connectivity index (χ2n) is 5.73. The molecule has 3 heterocycles. The van der Waals surface area contributed by atoms with Gasteiger partial charge in [-0.1, -0.05) is 0 Å². The third-order valence-corrected chi connectivity index (χ3v) is 3.69. The number of pyridine rings is 1. The van der Waals surface area contributed by atoms with Crippen LogP contribution in [0.3, 0.4) is 0 Å². The third-order valence-electron chi connectivity index (χ3n) is 3.69. The predicted octanol–water partition coefficient (Wildman–Crippen LogP) is 0.819. The molecule has 0 aliphatic carbocycles. The minimum atomic E-state index is -0.522. The zero-order chi connectivity index (χ0) is 17.4.